The van der Waals surface area contributed by atoms with E-state index in [9.17, 15) is 0 Å². The van der Waals surface area contributed by atoms with Crippen LogP contribution in [0.1, 0.15) is 33.0 Å². The van der Waals surface area contributed by atoms with E-state index in [4.69, 9.17) is 11.6 Å². The third-order valence-electron chi connectivity index (χ3n) is 2.26. The largest absolute Gasteiger partial charge is 0.311 e. The Hall–Kier alpha value is -0.570. The van der Waals surface area contributed by atoms with Crippen molar-refractivity contribution in [2.24, 2.45) is 0 Å². The molecule has 0 saturated heterocycles. The molecular weight excluding hydrogens is 174 g/mol. The Balaban J connectivity index is 3.00. The molecule has 0 unspecified atom stereocenters. The molecule has 0 N–H and O–H groups in total. The zero-order valence-corrected chi connectivity index (χ0v) is 8.47. The van der Waals surface area contributed by atoms with Crippen molar-refractivity contribution in [3.63, 3.8) is 0 Å². The Morgan fingerprint density at radius 1 is 1.58 bits per heavy atom. The van der Waals surface area contributed by atoms with Crippen molar-refractivity contribution >= 4 is 11.6 Å². The van der Waals surface area contributed by atoms with Crippen molar-refractivity contribution < 1.29 is 0 Å². The number of aromatic nitrogens is 3. The minimum Gasteiger partial charge on any atom is -0.311 e. The van der Waals surface area contributed by atoms with Gasteiger partial charge in [-0.2, -0.15) is 0 Å². The van der Waals surface area contributed by atoms with Crippen molar-refractivity contribution in [2.75, 3.05) is 0 Å². The van der Waals surface area contributed by atoms with Crippen LogP contribution in [0.3, 0.4) is 0 Å². The van der Waals surface area contributed by atoms with Gasteiger partial charge < -0.3 is 4.57 Å². The van der Waals surface area contributed by atoms with Crippen molar-refractivity contribution in [1.29, 1.82) is 0 Å². The molecule has 1 heterocycles. The molecule has 3 nitrogen and oxygen atoms in total. The predicted octanol–water partition coefficient (Wildman–Crippen LogP) is 2.16. The first kappa shape index (κ1) is 9.52. The molecule has 0 saturated carbocycles. The van der Waals surface area contributed by atoms with Crippen LogP contribution in [0.25, 0.3) is 0 Å². The van der Waals surface area contributed by atoms with Crippen molar-refractivity contribution in [3.05, 3.63) is 12.2 Å². The Kier molecular flexibility index (Phi) is 2.73. The Morgan fingerprint density at radius 3 is 2.75 bits per heavy atom. The fourth-order valence-corrected chi connectivity index (χ4v) is 1.21. The second kappa shape index (κ2) is 3.44. The standard InChI is InChI=1S/C8H14ClN3/c1-4-8(2,3)12-6-10-11-7(12)5-9/h6H,4-5H2,1-3H3. The van der Waals surface area contributed by atoms with Crippen LogP contribution in [-0.4, -0.2) is 14.8 Å². The molecule has 0 bridgehead atoms. The minimum atomic E-state index is 0.0632. The van der Waals surface area contributed by atoms with E-state index < -0.39 is 0 Å². The third kappa shape index (κ3) is 1.61. The molecule has 0 aliphatic heterocycles. The van der Waals surface area contributed by atoms with Gasteiger partial charge in [-0.1, -0.05) is 6.92 Å². The first-order chi connectivity index (χ1) is 5.61. The van der Waals surface area contributed by atoms with Crippen LogP contribution in [0.15, 0.2) is 6.33 Å². The highest BCUT2D eigenvalue weighted by Gasteiger charge is 2.20. The normalized spacial score (nSPS) is 12.0. The highest BCUT2D eigenvalue weighted by atomic mass is 35.5. The first-order valence-corrected chi connectivity index (χ1v) is 4.60. The van der Waals surface area contributed by atoms with Crippen LogP contribution in [-0.2, 0) is 11.4 Å². The maximum absolute atomic E-state index is 5.71. The molecule has 0 aliphatic carbocycles. The summed E-state index contributed by atoms with van der Waals surface area (Å²) in [6.45, 7) is 6.43. The summed E-state index contributed by atoms with van der Waals surface area (Å²) in [4.78, 5) is 0. The van der Waals surface area contributed by atoms with E-state index >= 15 is 0 Å². The molecule has 1 rings (SSSR count). The van der Waals surface area contributed by atoms with Crippen molar-refractivity contribution in [2.45, 2.75) is 38.6 Å². The predicted molar refractivity (Wildman–Crippen MR) is 49.2 cm³/mol. The van der Waals surface area contributed by atoms with Gasteiger partial charge in [0.05, 0.1) is 5.88 Å². The zero-order valence-electron chi connectivity index (χ0n) is 7.71. The summed E-state index contributed by atoms with van der Waals surface area (Å²) in [6, 6.07) is 0. The fourth-order valence-electron chi connectivity index (χ4n) is 1.03. The molecule has 0 atom stereocenters. The van der Waals surface area contributed by atoms with E-state index in [0.29, 0.717) is 5.88 Å². The summed E-state index contributed by atoms with van der Waals surface area (Å²) < 4.78 is 2.03. The number of alkyl halides is 1. The van der Waals surface area contributed by atoms with Gasteiger partial charge in [0.25, 0.3) is 0 Å². The maximum Gasteiger partial charge on any atom is 0.148 e. The number of halogens is 1. The average molecular weight is 188 g/mol. The molecule has 1 aromatic rings. The van der Waals surface area contributed by atoms with Gasteiger partial charge in [0.15, 0.2) is 0 Å². The van der Waals surface area contributed by atoms with Crippen molar-refractivity contribution in [1.82, 2.24) is 14.8 Å². The molecule has 0 spiro atoms. The van der Waals surface area contributed by atoms with E-state index in [1.54, 1.807) is 6.33 Å². The average Bonchev–Trinajstić information content (AvgIpc) is 2.52. The Labute approximate surface area is 77.8 Å². The van der Waals surface area contributed by atoms with Crippen LogP contribution >= 0.6 is 11.6 Å². The quantitative estimate of drug-likeness (QED) is 0.679. The number of nitrogens with zero attached hydrogens (tertiary/aromatic N) is 3. The third-order valence-corrected chi connectivity index (χ3v) is 2.49. The van der Waals surface area contributed by atoms with E-state index in [0.717, 1.165) is 12.2 Å². The highest BCUT2D eigenvalue weighted by Crippen LogP contribution is 2.20. The van der Waals surface area contributed by atoms with Gasteiger partial charge >= 0.3 is 0 Å². The van der Waals surface area contributed by atoms with Gasteiger partial charge in [-0.3, -0.25) is 0 Å². The van der Waals surface area contributed by atoms with Gasteiger partial charge in [0.1, 0.15) is 12.2 Å². The molecule has 1 aromatic heterocycles. The second-order valence-electron chi connectivity index (χ2n) is 3.42. The molecule has 0 radical (unpaired) electrons. The smallest absolute Gasteiger partial charge is 0.148 e. The summed E-state index contributed by atoms with van der Waals surface area (Å²) >= 11 is 5.71. The van der Waals surface area contributed by atoms with Crippen LogP contribution in [0, 0.1) is 0 Å². The summed E-state index contributed by atoms with van der Waals surface area (Å²) in [7, 11) is 0. The lowest BCUT2D eigenvalue weighted by Crippen LogP contribution is -2.26. The molecule has 12 heavy (non-hydrogen) atoms. The SMILES string of the molecule is CCC(C)(C)n1cnnc1CCl. The van der Waals surface area contributed by atoms with E-state index in [2.05, 4.69) is 31.0 Å². The summed E-state index contributed by atoms with van der Waals surface area (Å²) in [5.74, 6) is 1.26. The van der Waals surface area contributed by atoms with Gasteiger partial charge in [-0.25, -0.2) is 0 Å². The summed E-state index contributed by atoms with van der Waals surface area (Å²) in [5, 5.41) is 7.77. The molecular formula is C8H14ClN3. The monoisotopic (exact) mass is 187 g/mol. The van der Waals surface area contributed by atoms with Gasteiger partial charge in [-0.15, -0.1) is 21.8 Å². The molecule has 0 fully saturated rings. The first-order valence-electron chi connectivity index (χ1n) is 4.07. The van der Waals surface area contributed by atoms with Gasteiger partial charge in [-0.05, 0) is 20.3 Å². The van der Waals surface area contributed by atoms with E-state index in [1.807, 2.05) is 4.57 Å². The van der Waals surface area contributed by atoms with Crippen LogP contribution in [0.2, 0.25) is 0 Å². The van der Waals surface area contributed by atoms with E-state index in [-0.39, 0.29) is 5.54 Å². The lowest BCUT2D eigenvalue weighted by Gasteiger charge is -2.25. The minimum absolute atomic E-state index is 0.0632. The molecule has 68 valence electrons. The number of hydrogen-bond donors (Lipinski definition) is 0. The van der Waals surface area contributed by atoms with Crippen LogP contribution in [0.4, 0.5) is 0 Å². The maximum atomic E-state index is 5.71. The lowest BCUT2D eigenvalue weighted by molar-refractivity contribution is 0.333. The van der Waals surface area contributed by atoms with E-state index in [1.165, 1.54) is 0 Å². The highest BCUT2D eigenvalue weighted by molar-refractivity contribution is 6.16. The number of hydrogen-bond acceptors (Lipinski definition) is 2. The molecule has 0 aromatic carbocycles. The topological polar surface area (TPSA) is 30.7 Å². The molecule has 0 aliphatic rings. The second-order valence-corrected chi connectivity index (χ2v) is 3.68. The zero-order chi connectivity index (χ0) is 9.19. The summed E-state index contributed by atoms with van der Waals surface area (Å²) in [5.41, 5.74) is 0.0632. The number of rotatable bonds is 3. The van der Waals surface area contributed by atoms with Crippen LogP contribution < -0.4 is 0 Å². The van der Waals surface area contributed by atoms with Crippen LogP contribution in [0.5, 0.6) is 0 Å². The lowest BCUT2D eigenvalue weighted by atomic mass is 10.0. The molecule has 0 amide bonds. The Bertz CT molecular complexity index is 255. The Morgan fingerprint density at radius 2 is 2.25 bits per heavy atom. The summed E-state index contributed by atoms with van der Waals surface area (Å²) in [6.07, 6.45) is 2.77. The fraction of sp³-hybridized carbons (Fsp3) is 0.750. The molecule has 4 heteroatoms. The van der Waals surface area contributed by atoms with Gasteiger partial charge in [0.2, 0.25) is 0 Å². The van der Waals surface area contributed by atoms with Crippen molar-refractivity contribution in [3.8, 4) is 0 Å². The van der Waals surface area contributed by atoms with Gasteiger partial charge in [0, 0.05) is 5.54 Å².